The van der Waals surface area contributed by atoms with Crippen molar-refractivity contribution >= 4 is 22.6 Å². The van der Waals surface area contributed by atoms with Crippen molar-refractivity contribution in [3.05, 3.63) is 83.4 Å². The lowest BCUT2D eigenvalue weighted by molar-refractivity contribution is -0.136. The summed E-state index contributed by atoms with van der Waals surface area (Å²) in [5.41, 5.74) is 2.75. The van der Waals surface area contributed by atoms with Crippen LogP contribution in [0.2, 0.25) is 0 Å². The minimum absolute atomic E-state index is 0.0487. The number of carboxylic acid groups (broad SMARTS) is 1. The molecule has 0 atom stereocenters. The average molecular weight is 373 g/mol. The van der Waals surface area contributed by atoms with Crippen molar-refractivity contribution in [1.82, 2.24) is 4.90 Å². The third-order valence-electron chi connectivity index (χ3n) is 5.56. The summed E-state index contributed by atoms with van der Waals surface area (Å²) in [6, 6.07) is 21.8. The maximum atomic E-state index is 12.9. The molecule has 0 spiro atoms. The summed E-state index contributed by atoms with van der Waals surface area (Å²) in [7, 11) is 0. The topological polar surface area (TPSA) is 57.6 Å². The maximum Gasteiger partial charge on any atom is 0.307 e. The van der Waals surface area contributed by atoms with Crippen molar-refractivity contribution < 1.29 is 14.7 Å². The van der Waals surface area contributed by atoms with Crippen molar-refractivity contribution in [3.63, 3.8) is 0 Å². The van der Waals surface area contributed by atoms with Crippen LogP contribution in [0, 0.1) is 0 Å². The van der Waals surface area contributed by atoms with Gasteiger partial charge in [0.25, 0.3) is 5.91 Å². The van der Waals surface area contributed by atoms with E-state index >= 15 is 0 Å². The third kappa shape index (κ3) is 3.91. The standard InChI is InChI=1S/C24H23NO3/c26-23(27)15-17-4-3-7-20(14-17)19-10-12-25(13-11-19)24(28)22-9-8-18-5-1-2-6-21(18)16-22/h1-9,14,16,19H,10-13,15H2,(H,26,27). The summed E-state index contributed by atoms with van der Waals surface area (Å²) in [6.07, 6.45) is 1.85. The second-order valence-electron chi connectivity index (χ2n) is 7.44. The Labute approximate surface area is 164 Å². The molecule has 1 aliphatic heterocycles. The molecule has 3 aromatic rings. The molecule has 1 N–H and O–H groups in total. The highest BCUT2D eigenvalue weighted by Gasteiger charge is 2.25. The Balaban J connectivity index is 1.43. The van der Waals surface area contributed by atoms with Gasteiger partial charge >= 0.3 is 5.97 Å². The molecule has 4 nitrogen and oxygen atoms in total. The van der Waals surface area contributed by atoms with E-state index in [1.165, 1.54) is 5.56 Å². The van der Waals surface area contributed by atoms with Gasteiger partial charge < -0.3 is 10.0 Å². The van der Waals surface area contributed by atoms with Gasteiger partial charge in [0, 0.05) is 18.7 Å². The predicted octanol–water partition coefficient (Wildman–Crippen LogP) is 4.49. The van der Waals surface area contributed by atoms with Gasteiger partial charge in [0.2, 0.25) is 0 Å². The zero-order valence-electron chi connectivity index (χ0n) is 15.7. The van der Waals surface area contributed by atoms with Crippen molar-refractivity contribution in [1.29, 1.82) is 0 Å². The van der Waals surface area contributed by atoms with Gasteiger partial charge in [-0.05, 0) is 52.8 Å². The lowest BCUT2D eigenvalue weighted by Crippen LogP contribution is -2.37. The van der Waals surface area contributed by atoms with E-state index in [-0.39, 0.29) is 12.3 Å². The van der Waals surface area contributed by atoms with E-state index in [0.29, 0.717) is 5.92 Å². The van der Waals surface area contributed by atoms with Gasteiger partial charge in [-0.2, -0.15) is 0 Å². The number of aliphatic carboxylic acids is 1. The summed E-state index contributed by atoms with van der Waals surface area (Å²) >= 11 is 0. The molecule has 0 aromatic heterocycles. The Morgan fingerprint density at radius 1 is 0.893 bits per heavy atom. The number of amides is 1. The van der Waals surface area contributed by atoms with Gasteiger partial charge in [-0.25, -0.2) is 0 Å². The minimum Gasteiger partial charge on any atom is -0.481 e. The molecule has 4 heteroatoms. The molecule has 1 amide bonds. The number of carboxylic acids is 1. The van der Waals surface area contributed by atoms with Crippen LogP contribution in [0.4, 0.5) is 0 Å². The number of hydrogen-bond donors (Lipinski definition) is 1. The van der Waals surface area contributed by atoms with Crippen molar-refractivity contribution in [2.45, 2.75) is 25.2 Å². The Kier molecular flexibility index (Phi) is 5.11. The SMILES string of the molecule is O=C(O)Cc1cccc(C2CCN(C(=O)c3ccc4ccccc4c3)CC2)c1. The number of carbonyl (C=O) groups excluding carboxylic acids is 1. The number of carbonyl (C=O) groups is 2. The normalized spacial score (nSPS) is 14.9. The first-order chi connectivity index (χ1) is 13.6. The van der Waals surface area contributed by atoms with Gasteiger partial charge in [-0.3, -0.25) is 9.59 Å². The zero-order chi connectivity index (χ0) is 19.5. The first-order valence-electron chi connectivity index (χ1n) is 9.69. The van der Waals surface area contributed by atoms with E-state index < -0.39 is 5.97 Å². The van der Waals surface area contributed by atoms with Gasteiger partial charge in [0.1, 0.15) is 0 Å². The molecule has 1 fully saturated rings. The Morgan fingerprint density at radius 2 is 1.64 bits per heavy atom. The van der Waals surface area contributed by atoms with E-state index in [0.717, 1.165) is 47.8 Å². The first-order valence-corrected chi connectivity index (χ1v) is 9.69. The van der Waals surface area contributed by atoms with Crippen molar-refractivity contribution in [3.8, 4) is 0 Å². The predicted molar refractivity (Wildman–Crippen MR) is 110 cm³/mol. The Hall–Kier alpha value is -3.14. The molecule has 142 valence electrons. The maximum absolute atomic E-state index is 12.9. The number of nitrogens with zero attached hydrogens (tertiary/aromatic N) is 1. The highest BCUT2D eigenvalue weighted by atomic mass is 16.4. The molecular weight excluding hydrogens is 350 g/mol. The van der Waals surface area contributed by atoms with E-state index in [9.17, 15) is 9.59 Å². The minimum atomic E-state index is -0.812. The lowest BCUT2D eigenvalue weighted by atomic mass is 9.88. The summed E-state index contributed by atoms with van der Waals surface area (Å²) < 4.78 is 0. The second kappa shape index (κ2) is 7.85. The van der Waals surface area contributed by atoms with E-state index in [2.05, 4.69) is 6.07 Å². The highest BCUT2D eigenvalue weighted by Crippen LogP contribution is 2.29. The molecule has 3 aromatic carbocycles. The van der Waals surface area contributed by atoms with Gasteiger partial charge in [-0.1, -0.05) is 54.6 Å². The summed E-state index contributed by atoms with van der Waals surface area (Å²) in [5.74, 6) is -0.355. The number of fused-ring (bicyclic) bond motifs is 1. The fraction of sp³-hybridized carbons (Fsp3) is 0.250. The fourth-order valence-electron chi connectivity index (χ4n) is 4.05. The number of piperidine rings is 1. The van der Waals surface area contributed by atoms with E-state index in [4.69, 9.17) is 5.11 Å². The summed E-state index contributed by atoms with van der Waals surface area (Å²) in [4.78, 5) is 25.8. The van der Waals surface area contributed by atoms with Crippen LogP contribution in [-0.4, -0.2) is 35.0 Å². The number of likely N-dealkylation sites (tertiary alicyclic amines) is 1. The number of benzene rings is 3. The summed E-state index contributed by atoms with van der Waals surface area (Å²) in [6.45, 7) is 1.44. The van der Waals surface area contributed by atoms with Crippen LogP contribution in [0.25, 0.3) is 10.8 Å². The molecule has 0 radical (unpaired) electrons. The fourth-order valence-corrected chi connectivity index (χ4v) is 4.05. The molecule has 28 heavy (non-hydrogen) atoms. The largest absolute Gasteiger partial charge is 0.481 e. The first kappa shape index (κ1) is 18.2. The van der Waals surface area contributed by atoms with Gasteiger partial charge in [0.05, 0.1) is 6.42 Å². The molecule has 1 saturated heterocycles. The van der Waals surface area contributed by atoms with Crippen molar-refractivity contribution in [2.75, 3.05) is 13.1 Å². The van der Waals surface area contributed by atoms with Gasteiger partial charge in [-0.15, -0.1) is 0 Å². The zero-order valence-corrected chi connectivity index (χ0v) is 15.7. The van der Waals surface area contributed by atoms with Crippen LogP contribution < -0.4 is 0 Å². The molecule has 0 unspecified atom stereocenters. The Bertz CT molecular complexity index is 1020. The molecule has 1 heterocycles. The number of hydrogen-bond acceptors (Lipinski definition) is 2. The molecule has 0 aliphatic carbocycles. The Morgan fingerprint density at radius 3 is 2.39 bits per heavy atom. The number of rotatable bonds is 4. The smallest absolute Gasteiger partial charge is 0.307 e. The van der Waals surface area contributed by atoms with Crippen molar-refractivity contribution in [2.24, 2.45) is 0 Å². The van der Waals surface area contributed by atoms with Crippen LogP contribution in [0.1, 0.15) is 40.2 Å². The molecule has 0 saturated carbocycles. The van der Waals surface area contributed by atoms with Crippen LogP contribution in [0.5, 0.6) is 0 Å². The van der Waals surface area contributed by atoms with Crippen LogP contribution in [0.3, 0.4) is 0 Å². The second-order valence-corrected chi connectivity index (χ2v) is 7.44. The molecule has 4 rings (SSSR count). The third-order valence-corrected chi connectivity index (χ3v) is 5.56. The van der Waals surface area contributed by atoms with E-state index in [1.807, 2.05) is 65.6 Å². The summed E-state index contributed by atoms with van der Waals surface area (Å²) in [5, 5.41) is 11.2. The molecule has 0 bridgehead atoms. The van der Waals surface area contributed by atoms with E-state index in [1.54, 1.807) is 0 Å². The van der Waals surface area contributed by atoms with Gasteiger partial charge in [0.15, 0.2) is 0 Å². The molecular formula is C24H23NO3. The average Bonchev–Trinajstić information content (AvgIpc) is 2.73. The monoisotopic (exact) mass is 373 g/mol. The van der Waals surface area contributed by atoms with Crippen LogP contribution in [0.15, 0.2) is 66.7 Å². The quantitative estimate of drug-likeness (QED) is 0.733. The lowest BCUT2D eigenvalue weighted by Gasteiger charge is -2.32. The van der Waals surface area contributed by atoms with Crippen LogP contribution >= 0.6 is 0 Å². The highest BCUT2D eigenvalue weighted by molar-refractivity contribution is 5.98. The molecule has 1 aliphatic rings. The van der Waals surface area contributed by atoms with Crippen LogP contribution in [-0.2, 0) is 11.2 Å².